The minimum Gasteiger partial charge on any atom is -0.497 e. The highest BCUT2D eigenvalue weighted by Crippen LogP contribution is 2.27. The van der Waals surface area contributed by atoms with Crippen molar-refractivity contribution in [2.45, 2.75) is 25.4 Å². The van der Waals surface area contributed by atoms with Gasteiger partial charge in [0.2, 0.25) is 11.8 Å². The zero-order valence-corrected chi connectivity index (χ0v) is 18.8. The van der Waals surface area contributed by atoms with Crippen LogP contribution < -0.4 is 24.8 Å². The molecule has 0 spiro atoms. The first-order chi connectivity index (χ1) is 15.5. The fourth-order valence-electron chi connectivity index (χ4n) is 3.87. The monoisotopic (exact) mass is 441 g/mol. The standard InChI is InChI=1S/C24H31N3O5/c1-30-19-9-8-18(22(14-19)32-3)16-27-13-12-26-24(29)20(27)15-23(28)25-11-10-17-6-4-5-7-21(17)31-2/h4-9,14,20H,10-13,15-16H2,1-3H3,(H,25,28)(H,26,29). The average Bonchev–Trinajstić information content (AvgIpc) is 2.81. The molecule has 1 unspecified atom stereocenters. The van der Waals surface area contributed by atoms with E-state index in [1.54, 1.807) is 21.3 Å². The van der Waals surface area contributed by atoms with Crippen molar-refractivity contribution in [3.63, 3.8) is 0 Å². The Morgan fingerprint density at radius 3 is 2.59 bits per heavy atom. The zero-order chi connectivity index (χ0) is 22.9. The summed E-state index contributed by atoms with van der Waals surface area (Å²) in [5, 5.41) is 5.80. The molecule has 2 aromatic carbocycles. The molecule has 0 bridgehead atoms. The fraction of sp³-hybridized carbons (Fsp3) is 0.417. The summed E-state index contributed by atoms with van der Waals surface area (Å²) in [7, 11) is 4.84. The molecule has 8 nitrogen and oxygen atoms in total. The van der Waals surface area contributed by atoms with Gasteiger partial charge in [0.05, 0.1) is 33.8 Å². The van der Waals surface area contributed by atoms with Crippen LogP contribution in [0.5, 0.6) is 17.2 Å². The van der Waals surface area contributed by atoms with E-state index in [2.05, 4.69) is 10.6 Å². The van der Waals surface area contributed by atoms with Crippen LogP contribution in [0.4, 0.5) is 0 Å². The van der Waals surface area contributed by atoms with Crippen LogP contribution in [-0.4, -0.2) is 63.7 Å². The lowest BCUT2D eigenvalue weighted by atomic mass is 10.1. The summed E-state index contributed by atoms with van der Waals surface area (Å²) >= 11 is 0. The second kappa shape index (κ2) is 11.4. The van der Waals surface area contributed by atoms with Crippen LogP contribution in [0.3, 0.4) is 0 Å². The van der Waals surface area contributed by atoms with Crippen LogP contribution in [0.25, 0.3) is 0 Å². The third-order valence-electron chi connectivity index (χ3n) is 5.60. The average molecular weight is 442 g/mol. The Labute approximate surface area is 188 Å². The van der Waals surface area contributed by atoms with Crippen molar-refractivity contribution < 1.29 is 23.8 Å². The molecule has 2 N–H and O–H groups in total. The molecule has 8 heteroatoms. The molecule has 0 aliphatic carbocycles. The molecule has 1 heterocycles. The summed E-state index contributed by atoms with van der Waals surface area (Å²) in [5.41, 5.74) is 1.96. The number of amides is 2. The highest BCUT2D eigenvalue weighted by atomic mass is 16.5. The van der Waals surface area contributed by atoms with Gasteiger partial charge in [0, 0.05) is 37.8 Å². The second-order valence-corrected chi connectivity index (χ2v) is 7.57. The van der Waals surface area contributed by atoms with Gasteiger partial charge in [-0.1, -0.05) is 24.3 Å². The second-order valence-electron chi connectivity index (χ2n) is 7.57. The minimum absolute atomic E-state index is 0.0935. The molecule has 2 aromatic rings. The van der Waals surface area contributed by atoms with Gasteiger partial charge in [-0.05, 0) is 24.1 Å². The number of hydrogen-bond donors (Lipinski definition) is 2. The first kappa shape index (κ1) is 23.4. The van der Waals surface area contributed by atoms with E-state index in [4.69, 9.17) is 14.2 Å². The summed E-state index contributed by atoms with van der Waals surface area (Å²) < 4.78 is 16.1. The van der Waals surface area contributed by atoms with Crippen molar-refractivity contribution in [2.75, 3.05) is 41.0 Å². The van der Waals surface area contributed by atoms with Gasteiger partial charge in [0.1, 0.15) is 17.2 Å². The van der Waals surface area contributed by atoms with E-state index in [0.717, 1.165) is 16.9 Å². The number of nitrogens with one attached hydrogen (secondary N) is 2. The van der Waals surface area contributed by atoms with Crippen molar-refractivity contribution in [1.29, 1.82) is 0 Å². The molecule has 172 valence electrons. The molecular formula is C24H31N3O5. The number of ether oxygens (including phenoxy) is 3. The topological polar surface area (TPSA) is 89.1 Å². The maximum Gasteiger partial charge on any atom is 0.237 e. The molecule has 1 aliphatic heterocycles. The third kappa shape index (κ3) is 5.91. The Bertz CT molecular complexity index is 934. The molecule has 3 rings (SSSR count). The van der Waals surface area contributed by atoms with E-state index in [1.807, 2.05) is 47.4 Å². The molecule has 1 saturated heterocycles. The summed E-state index contributed by atoms with van der Waals surface area (Å²) in [6.07, 6.45) is 0.746. The molecule has 32 heavy (non-hydrogen) atoms. The lowest BCUT2D eigenvalue weighted by molar-refractivity contribution is -0.134. The molecule has 0 saturated carbocycles. The van der Waals surface area contributed by atoms with Gasteiger partial charge in [-0.3, -0.25) is 14.5 Å². The summed E-state index contributed by atoms with van der Waals surface area (Å²) in [5.74, 6) is 1.90. The van der Waals surface area contributed by atoms with Crippen molar-refractivity contribution in [3.05, 3.63) is 53.6 Å². The number of carbonyl (C=O) groups is 2. The van der Waals surface area contributed by atoms with E-state index < -0.39 is 6.04 Å². The number of piperazine rings is 1. The lowest BCUT2D eigenvalue weighted by Gasteiger charge is -2.35. The minimum atomic E-state index is -0.540. The highest BCUT2D eigenvalue weighted by molar-refractivity contribution is 5.88. The van der Waals surface area contributed by atoms with Crippen LogP contribution in [0.2, 0.25) is 0 Å². The van der Waals surface area contributed by atoms with Crippen LogP contribution >= 0.6 is 0 Å². The maximum absolute atomic E-state index is 12.6. The molecule has 1 fully saturated rings. The zero-order valence-electron chi connectivity index (χ0n) is 18.8. The van der Waals surface area contributed by atoms with Gasteiger partial charge < -0.3 is 24.8 Å². The SMILES string of the molecule is COc1ccc(CN2CCNC(=O)C2CC(=O)NCCc2ccccc2OC)c(OC)c1. The number of hydrogen-bond acceptors (Lipinski definition) is 6. The van der Waals surface area contributed by atoms with E-state index in [0.29, 0.717) is 44.1 Å². The first-order valence-corrected chi connectivity index (χ1v) is 10.7. The number of rotatable bonds is 10. The van der Waals surface area contributed by atoms with E-state index >= 15 is 0 Å². The van der Waals surface area contributed by atoms with Crippen molar-refractivity contribution in [2.24, 2.45) is 0 Å². The maximum atomic E-state index is 12.6. The van der Waals surface area contributed by atoms with Crippen LogP contribution in [0.15, 0.2) is 42.5 Å². The van der Waals surface area contributed by atoms with Crippen LogP contribution in [0.1, 0.15) is 17.5 Å². The van der Waals surface area contributed by atoms with Gasteiger partial charge in [-0.2, -0.15) is 0 Å². The molecule has 1 atom stereocenters. The normalized spacial score (nSPS) is 16.2. The molecule has 0 radical (unpaired) electrons. The van der Waals surface area contributed by atoms with Crippen molar-refractivity contribution in [3.8, 4) is 17.2 Å². The molecular weight excluding hydrogens is 410 g/mol. The fourth-order valence-corrected chi connectivity index (χ4v) is 3.87. The van der Waals surface area contributed by atoms with Crippen molar-refractivity contribution >= 4 is 11.8 Å². The Kier molecular flexibility index (Phi) is 8.33. The smallest absolute Gasteiger partial charge is 0.237 e. The van der Waals surface area contributed by atoms with E-state index in [1.165, 1.54) is 0 Å². The van der Waals surface area contributed by atoms with Gasteiger partial charge in [0.15, 0.2) is 0 Å². The summed E-state index contributed by atoms with van der Waals surface area (Å²) in [6.45, 7) is 2.17. The third-order valence-corrected chi connectivity index (χ3v) is 5.60. The summed E-state index contributed by atoms with van der Waals surface area (Å²) in [6, 6.07) is 12.8. The van der Waals surface area contributed by atoms with Gasteiger partial charge >= 0.3 is 0 Å². The number of methoxy groups -OCH3 is 3. The Morgan fingerprint density at radius 1 is 1.06 bits per heavy atom. The number of para-hydroxylation sites is 1. The number of benzene rings is 2. The molecule has 1 aliphatic rings. The molecule has 2 amide bonds. The first-order valence-electron chi connectivity index (χ1n) is 10.7. The van der Waals surface area contributed by atoms with Gasteiger partial charge in [-0.15, -0.1) is 0 Å². The number of carbonyl (C=O) groups excluding carboxylic acids is 2. The quantitative estimate of drug-likeness (QED) is 0.584. The predicted octanol–water partition coefficient (Wildman–Crippen LogP) is 1.76. The predicted molar refractivity (Wildman–Crippen MR) is 121 cm³/mol. The van der Waals surface area contributed by atoms with Crippen LogP contribution in [-0.2, 0) is 22.6 Å². The highest BCUT2D eigenvalue weighted by Gasteiger charge is 2.32. The van der Waals surface area contributed by atoms with Gasteiger partial charge in [-0.25, -0.2) is 0 Å². The van der Waals surface area contributed by atoms with E-state index in [-0.39, 0.29) is 18.2 Å². The molecule has 0 aromatic heterocycles. The lowest BCUT2D eigenvalue weighted by Crippen LogP contribution is -2.56. The Balaban J connectivity index is 1.60. The summed E-state index contributed by atoms with van der Waals surface area (Å²) in [4.78, 5) is 27.2. The largest absolute Gasteiger partial charge is 0.497 e. The van der Waals surface area contributed by atoms with E-state index in [9.17, 15) is 9.59 Å². The van der Waals surface area contributed by atoms with Crippen LogP contribution in [0, 0.1) is 0 Å². The number of nitrogens with zero attached hydrogens (tertiary/aromatic N) is 1. The Morgan fingerprint density at radius 2 is 1.84 bits per heavy atom. The Hall–Kier alpha value is -3.26. The van der Waals surface area contributed by atoms with Crippen molar-refractivity contribution in [1.82, 2.24) is 15.5 Å². The van der Waals surface area contributed by atoms with Gasteiger partial charge in [0.25, 0.3) is 0 Å².